The molecule has 1 unspecified atom stereocenters. The monoisotopic (exact) mass is 328 g/mol. The zero-order chi connectivity index (χ0) is 15.5. The summed E-state index contributed by atoms with van der Waals surface area (Å²) in [5.74, 6) is 0.601. The minimum absolute atomic E-state index is 0. The summed E-state index contributed by atoms with van der Waals surface area (Å²) in [6, 6.07) is 6.77. The lowest BCUT2D eigenvalue weighted by Crippen LogP contribution is -2.45. The molecule has 0 bridgehead atoms. The van der Waals surface area contributed by atoms with E-state index < -0.39 is 6.04 Å². The lowest BCUT2D eigenvalue weighted by Gasteiger charge is -2.25. The van der Waals surface area contributed by atoms with Crippen molar-refractivity contribution in [3.8, 4) is 5.75 Å². The molecule has 0 radical (unpaired) electrons. The van der Waals surface area contributed by atoms with Crippen LogP contribution in [0.4, 0.5) is 5.69 Å². The number of hydrogen-bond acceptors (Lipinski definition) is 4. The number of ether oxygens (including phenoxy) is 2. The molecule has 1 aromatic rings. The van der Waals surface area contributed by atoms with Crippen LogP contribution in [-0.4, -0.2) is 31.3 Å². The van der Waals surface area contributed by atoms with Crippen molar-refractivity contribution in [3.63, 3.8) is 0 Å². The van der Waals surface area contributed by atoms with E-state index in [2.05, 4.69) is 5.32 Å². The van der Waals surface area contributed by atoms with Crippen molar-refractivity contribution in [1.29, 1.82) is 0 Å². The molecule has 6 heteroatoms. The van der Waals surface area contributed by atoms with Crippen LogP contribution in [-0.2, 0) is 9.53 Å². The molecule has 0 saturated carbocycles. The van der Waals surface area contributed by atoms with Crippen LogP contribution >= 0.6 is 12.4 Å². The second kappa shape index (κ2) is 7.81. The third kappa shape index (κ3) is 5.16. The Bertz CT molecular complexity index is 479. The maximum absolute atomic E-state index is 12.0. The fraction of sp³-hybridized carbons (Fsp3) is 0.562. The van der Waals surface area contributed by atoms with E-state index in [4.69, 9.17) is 15.2 Å². The third-order valence-electron chi connectivity index (χ3n) is 3.53. The Kier molecular flexibility index (Phi) is 6.66. The predicted octanol–water partition coefficient (Wildman–Crippen LogP) is 2.59. The van der Waals surface area contributed by atoms with E-state index in [1.165, 1.54) is 0 Å². The molecule has 3 N–H and O–H groups in total. The summed E-state index contributed by atoms with van der Waals surface area (Å²) in [6.45, 7) is 7.22. The summed E-state index contributed by atoms with van der Waals surface area (Å²) in [5.41, 5.74) is 6.38. The van der Waals surface area contributed by atoms with Gasteiger partial charge in [-0.15, -0.1) is 12.4 Å². The predicted molar refractivity (Wildman–Crippen MR) is 89.6 cm³/mol. The Labute approximate surface area is 138 Å². The number of rotatable bonds is 4. The topological polar surface area (TPSA) is 73.6 Å². The standard InChI is InChI=1S/C16H24N2O3.ClH/c1-16(2,3)14(17)15(19)18-11-4-6-12(7-5-11)21-13-8-9-20-10-13;/h4-7,13-14H,8-10,17H2,1-3H3,(H,18,19);1H/t13?,14-;/m1./s1. The Morgan fingerprint density at radius 1 is 1.36 bits per heavy atom. The van der Waals surface area contributed by atoms with Gasteiger partial charge in [-0.2, -0.15) is 0 Å². The Morgan fingerprint density at radius 2 is 2.00 bits per heavy atom. The van der Waals surface area contributed by atoms with E-state index >= 15 is 0 Å². The summed E-state index contributed by atoms with van der Waals surface area (Å²) >= 11 is 0. The number of nitrogens with one attached hydrogen (secondary N) is 1. The summed E-state index contributed by atoms with van der Waals surface area (Å²) in [6.07, 6.45) is 1.04. The zero-order valence-corrected chi connectivity index (χ0v) is 14.1. The van der Waals surface area contributed by atoms with Crippen molar-refractivity contribution in [1.82, 2.24) is 0 Å². The van der Waals surface area contributed by atoms with Gasteiger partial charge in [0.2, 0.25) is 5.91 Å². The highest BCUT2D eigenvalue weighted by Crippen LogP contribution is 2.21. The minimum atomic E-state index is -0.552. The molecule has 1 amide bonds. The number of carbonyl (C=O) groups excluding carboxylic acids is 1. The van der Waals surface area contributed by atoms with Crippen molar-refractivity contribution in [3.05, 3.63) is 24.3 Å². The molecule has 124 valence electrons. The van der Waals surface area contributed by atoms with Crippen molar-refractivity contribution >= 4 is 24.0 Å². The Balaban J connectivity index is 0.00000242. The molecule has 1 fully saturated rings. The van der Waals surface area contributed by atoms with Crippen molar-refractivity contribution in [2.45, 2.75) is 39.3 Å². The van der Waals surface area contributed by atoms with Gasteiger partial charge in [0.25, 0.3) is 0 Å². The van der Waals surface area contributed by atoms with Gasteiger partial charge in [0.05, 0.1) is 19.3 Å². The number of amides is 1. The van der Waals surface area contributed by atoms with Gasteiger partial charge in [-0.1, -0.05) is 20.8 Å². The molecule has 0 aliphatic carbocycles. The molecule has 1 aromatic carbocycles. The van der Waals surface area contributed by atoms with Gasteiger partial charge < -0.3 is 20.5 Å². The van der Waals surface area contributed by atoms with E-state index in [0.717, 1.165) is 24.5 Å². The highest BCUT2D eigenvalue weighted by Gasteiger charge is 2.27. The van der Waals surface area contributed by atoms with E-state index in [1.807, 2.05) is 45.0 Å². The first-order valence-electron chi connectivity index (χ1n) is 7.27. The van der Waals surface area contributed by atoms with Crippen LogP contribution in [0.3, 0.4) is 0 Å². The van der Waals surface area contributed by atoms with Crippen molar-refractivity contribution in [2.75, 3.05) is 18.5 Å². The molecule has 5 nitrogen and oxygen atoms in total. The van der Waals surface area contributed by atoms with E-state index in [1.54, 1.807) is 0 Å². The van der Waals surface area contributed by atoms with E-state index in [9.17, 15) is 4.79 Å². The highest BCUT2D eigenvalue weighted by atomic mass is 35.5. The number of hydrogen-bond donors (Lipinski definition) is 2. The van der Waals surface area contributed by atoms with Crippen LogP contribution in [0, 0.1) is 5.41 Å². The number of anilines is 1. The molecule has 2 rings (SSSR count). The normalized spacial score (nSPS) is 19.2. The zero-order valence-electron chi connectivity index (χ0n) is 13.3. The van der Waals surface area contributed by atoms with Crippen LogP contribution in [0.5, 0.6) is 5.75 Å². The number of carbonyl (C=O) groups is 1. The summed E-state index contributed by atoms with van der Waals surface area (Å²) in [5, 5.41) is 2.82. The summed E-state index contributed by atoms with van der Waals surface area (Å²) in [7, 11) is 0. The van der Waals surface area contributed by atoms with Gasteiger partial charge in [0.1, 0.15) is 11.9 Å². The number of halogens is 1. The molecule has 1 saturated heterocycles. The third-order valence-corrected chi connectivity index (χ3v) is 3.53. The van der Waals surface area contributed by atoms with Crippen LogP contribution in [0.25, 0.3) is 0 Å². The maximum atomic E-state index is 12.0. The molecule has 0 spiro atoms. The first-order valence-corrected chi connectivity index (χ1v) is 7.27. The SMILES string of the molecule is CC(C)(C)[C@H](N)C(=O)Nc1ccc(OC2CCOC2)cc1.Cl. The van der Waals surface area contributed by atoms with Crippen molar-refractivity contribution < 1.29 is 14.3 Å². The van der Waals surface area contributed by atoms with Crippen molar-refractivity contribution in [2.24, 2.45) is 11.1 Å². The highest BCUT2D eigenvalue weighted by molar-refractivity contribution is 5.95. The quantitative estimate of drug-likeness (QED) is 0.891. The number of nitrogens with two attached hydrogens (primary N) is 1. The van der Waals surface area contributed by atoms with Gasteiger partial charge >= 0.3 is 0 Å². The second-order valence-corrected chi connectivity index (χ2v) is 6.46. The van der Waals surface area contributed by atoms with Crippen LogP contribution in [0.1, 0.15) is 27.2 Å². The molecule has 22 heavy (non-hydrogen) atoms. The first kappa shape index (κ1) is 18.7. The molecular formula is C16H25ClN2O3. The molecule has 0 aromatic heterocycles. The fourth-order valence-corrected chi connectivity index (χ4v) is 2.03. The van der Waals surface area contributed by atoms with Gasteiger partial charge in [0, 0.05) is 12.1 Å². The molecule has 2 atom stereocenters. The van der Waals surface area contributed by atoms with Gasteiger partial charge in [-0.25, -0.2) is 0 Å². The Hall–Kier alpha value is -1.30. The lowest BCUT2D eigenvalue weighted by molar-refractivity contribution is -0.119. The number of benzene rings is 1. The van der Waals surface area contributed by atoms with E-state index in [0.29, 0.717) is 6.61 Å². The largest absolute Gasteiger partial charge is 0.488 e. The molecular weight excluding hydrogens is 304 g/mol. The average Bonchev–Trinajstić information content (AvgIpc) is 2.92. The van der Waals surface area contributed by atoms with Gasteiger partial charge in [-0.05, 0) is 29.7 Å². The fourth-order valence-electron chi connectivity index (χ4n) is 2.03. The van der Waals surface area contributed by atoms with E-state index in [-0.39, 0.29) is 29.8 Å². The maximum Gasteiger partial charge on any atom is 0.241 e. The Morgan fingerprint density at radius 3 is 2.50 bits per heavy atom. The molecule has 1 heterocycles. The summed E-state index contributed by atoms with van der Waals surface area (Å²) < 4.78 is 11.0. The van der Waals surface area contributed by atoms with Crippen LogP contribution in [0.15, 0.2) is 24.3 Å². The molecule has 1 aliphatic heterocycles. The van der Waals surface area contributed by atoms with Crippen LogP contribution < -0.4 is 15.8 Å². The minimum Gasteiger partial charge on any atom is -0.488 e. The smallest absolute Gasteiger partial charge is 0.241 e. The molecule has 1 aliphatic rings. The van der Waals surface area contributed by atoms with Gasteiger partial charge in [-0.3, -0.25) is 4.79 Å². The average molecular weight is 329 g/mol. The lowest BCUT2D eigenvalue weighted by atomic mass is 9.87. The summed E-state index contributed by atoms with van der Waals surface area (Å²) in [4.78, 5) is 12.0. The first-order chi connectivity index (χ1) is 9.86. The second-order valence-electron chi connectivity index (χ2n) is 6.46. The van der Waals surface area contributed by atoms with Crippen LogP contribution in [0.2, 0.25) is 0 Å². The van der Waals surface area contributed by atoms with Gasteiger partial charge in [0.15, 0.2) is 0 Å².